The molecule has 0 radical (unpaired) electrons. The highest BCUT2D eigenvalue weighted by Crippen LogP contribution is 2.22. The van der Waals surface area contributed by atoms with Crippen LogP contribution in [-0.4, -0.2) is 29.8 Å². The Morgan fingerprint density at radius 1 is 1.39 bits per heavy atom. The van der Waals surface area contributed by atoms with Gasteiger partial charge in [-0.1, -0.05) is 30.7 Å². The molecule has 1 heterocycles. The van der Waals surface area contributed by atoms with E-state index < -0.39 is 0 Å². The number of carbonyl (C=O) groups excluding carboxylic acids is 1. The lowest BCUT2D eigenvalue weighted by molar-refractivity contribution is 0.0779. The molecule has 2 nitrogen and oxygen atoms in total. The third-order valence-electron chi connectivity index (χ3n) is 4.19. The van der Waals surface area contributed by atoms with Gasteiger partial charge in [0.15, 0.2) is 5.78 Å². The average molecular weight is 245 g/mol. The predicted octanol–water partition coefficient (Wildman–Crippen LogP) is 3.30. The number of piperidine rings is 1. The third kappa shape index (κ3) is 2.99. The summed E-state index contributed by atoms with van der Waals surface area (Å²) in [6.45, 7) is 8.18. The van der Waals surface area contributed by atoms with Gasteiger partial charge in [0, 0.05) is 11.6 Å². The van der Waals surface area contributed by atoms with Crippen LogP contribution in [0.15, 0.2) is 24.3 Å². The SMILES string of the molecule is Cc1cccc(C(=O)CN2CCCC(C)C2C)c1. The molecule has 2 heteroatoms. The average Bonchev–Trinajstić information content (AvgIpc) is 2.35. The first kappa shape index (κ1) is 13.3. The lowest BCUT2D eigenvalue weighted by Gasteiger charge is -2.37. The van der Waals surface area contributed by atoms with Crippen LogP contribution in [0.2, 0.25) is 0 Å². The molecule has 0 N–H and O–H groups in total. The van der Waals surface area contributed by atoms with Crippen LogP contribution in [0.4, 0.5) is 0 Å². The topological polar surface area (TPSA) is 20.3 Å². The summed E-state index contributed by atoms with van der Waals surface area (Å²) in [6.07, 6.45) is 2.50. The molecule has 98 valence electrons. The molecule has 1 aromatic rings. The maximum absolute atomic E-state index is 12.3. The second kappa shape index (κ2) is 5.66. The monoisotopic (exact) mass is 245 g/mol. The summed E-state index contributed by atoms with van der Waals surface area (Å²) in [5.41, 5.74) is 2.00. The number of hydrogen-bond donors (Lipinski definition) is 0. The molecule has 0 aromatic heterocycles. The quantitative estimate of drug-likeness (QED) is 0.762. The van der Waals surface area contributed by atoms with E-state index >= 15 is 0 Å². The maximum Gasteiger partial charge on any atom is 0.176 e. The van der Waals surface area contributed by atoms with Gasteiger partial charge in [-0.05, 0) is 45.2 Å². The van der Waals surface area contributed by atoms with Gasteiger partial charge >= 0.3 is 0 Å². The number of hydrogen-bond acceptors (Lipinski definition) is 2. The zero-order valence-electron chi connectivity index (χ0n) is 11.6. The molecule has 0 aliphatic carbocycles. The smallest absolute Gasteiger partial charge is 0.176 e. The molecule has 0 bridgehead atoms. The van der Waals surface area contributed by atoms with Gasteiger partial charge in [0.2, 0.25) is 0 Å². The van der Waals surface area contributed by atoms with Crippen molar-refractivity contribution in [3.63, 3.8) is 0 Å². The Morgan fingerprint density at radius 3 is 2.89 bits per heavy atom. The summed E-state index contributed by atoms with van der Waals surface area (Å²) >= 11 is 0. The molecule has 1 aliphatic heterocycles. The van der Waals surface area contributed by atoms with Crippen LogP contribution in [0, 0.1) is 12.8 Å². The highest BCUT2D eigenvalue weighted by Gasteiger charge is 2.26. The van der Waals surface area contributed by atoms with Crippen molar-refractivity contribution in [2.45, 2.75) is 39.7 Å². The second-order valence-electron chi connectivity index (χ2n) is 5.62. The molecule has 2 unspecified atom stereocenters. The Labute approximate surface area is 110 Å². The molecule has 2 rings (SSSR count). The molecule has 1 fully saturated rings. The highest BCUT2D eigenvalue weighted by atomic mass is 16.1. The summed E-state index contributed by atoms with van der Waals surface area (Å²) in [4.78, 5) is 14.6. The molecule has 0 saturated carbocycles. The van der Waals surface area contributed by atoms with Crippen molar-refractivity contribution in [3.05, 3.63) is 35.4 Å². The maximum atomic E-state index is 12.3. The summed E-state index contributed by atoms with van der Waals surface area (Å²) < 4.78 is 0. The largest absolute Gasteiger partial charge is 0.293 e. The van der Waals surface area contributed by atoms with Crippen LogP contribution in [0.3, 0.4) is 0 Å². The summed E-state index contributed by atoms with van der Waals surface area (Å²) in [7, 11) is 0. The first-order chi connectivity index (χ1) is 8.58. The lowest BCUT2D eigenvalue weighted by atomic mass is 9.91. The predicted molar refractivity (Wildman–Crippen MR) is 74.9 cm³/mol. The molecular formula is C16H23NO. The Hall–Kier alpha value is -1.15. The number of carbonyl (C=O) groups is 1. The number of nitrogens with zero attached hydrogens (tertiary/aromatic N) is 1. The first-order valence-corrected chi connectivity index (χ1v) is 6.92. The summed E-state index contributed by atoms with van der Waals surface area (Å²) in [5, 5.41) is 0. The van der Waals surface area contributed by atoms with Crippen molar-refractivity contribution in [2.75, 3.05) is 13.1 Å². The fraction of sp³-hybridized carbons (Fsp3) is 0.562. The molecule has 1 aromatic carbocycles. The Bertz CT molecular complexity index is 427. The minimum absolute atomic E-state index is 0.250. The minimum Gasteiger partial charge on any atom is -0.293 e. The van der Waals surface area contributed by atoms with Crippen molar-refractivity contribution in [3.8, 4) is 0 Å². The lowest BCUT2D eigenvalue weighted by Crippen LogP contribution is -2.44. The van der Waals surface area contributed by atoms with Gasteiger partial charge in [-0.2, -0.15) is 0 Å². The molecule has 0 amide bonds. The van der Waals surface area contributed by atoms with Crippen LogP contribution in [0.25, 0.3) is 0 Å². The van der Waals surface area contributed by atoms with E-state index in [0.29, 0.717) is 18.5 Å². The zero-order valence-corrected chi connectivity index (χ0v) is 11.6. The van der Waals surface area contributed by atoms with E-state index in [1.165, 1.54) is 12.8 Å². The zero-order chi connectivity index (χ0) is 13.1. The molecule has 0 spiro atoms. The van der Waals surface area contributed by atoms with Crippen LogP contribution < -0.4 is 0 Å². The van der Waals surface area contributed by atoms with Crippen molar-refractivity contribution < 1.29 is 4.79 Å². The van der Waals surface area contributed by atoms with E-state index in [4.69, 9.17) is 0 Å². The fourth-order valence-corrected chi connectivity index (χ4v) is 2.74. The standard InChI is InChI=1S/C16H23NO/c1-12-6-4-8-15(10-12)16(18)11-17-9-5-7-13(2)14(17)3/h4,6,8,10,13-14H,5,7,9,11H2,1-3H3. The molecule has 1 saturated heterocycles. The number of aryl methyl sites for hydroxylation is 1. The van der Waals surface area contributed by atoms with Gasteiger partial charge < -0.3 is 0 Å². The number of ketones is 1. The number of rotatable bonds is 3. The van der Waals surface area contributed by atoms with Crippen molar-refractivity contribution >= 4 is 5.78 Å². The van der Waals surface area contributed by atoms with E-state index in [1.807, 2.05) is 31.2 Å². The van der Waals surface area contributed by atoms with Crippen LogP contribution in [0.1, 0.15) is 42.6 Å². The first-order valence-electron chi connectivity index (χ1n) is 6.92. The van der Waals surface area contributed by atoms with Gasteiger partial charge in [0.25, 0.3) is 0 Å². The Kier molecular flexibility index (Phi) is 4.18. The van der Waals surface area contributed by atoms with E-state index in [2.05, 4.69) is 18.7 Å². The van der Waals surface area contributed by atoms with Crippen LogP contribution >= 0.6 is 0 Å². The Morgan fingerprint density at radius 2 is 2.17 bits per heavy atom. The molecular weight excluding hydrogens is 222 g/mol. The van der Waals surface area contributed by atoms with Gasteiger partial charge in [0.05, 0.1) is 6.54 Å². The van der Waals surface area contributed by atoms with Crippen molar-refractivity contribution in [2.24, 2.45) is 5.92 Å². The fourth-order valence-electron chi connectivity index (χ4n) is 2.74. The van der Waals surface area contributed by atoms with Crippen molar-refractivity contribution in [1.82, 2.24) is 4.90 Å². The van der Waals surface area contributed by atoms with E-state index in [0.717, 1.165) is 17.7 Å². The number of Topliss-reactive ketones (excluding diaryl/α,β-unsaturated/α-hetero) is 1. The Balaban J connectivity index is 2.03. The molecule has 18 heavy (non-hydrogen) atoms. The van der Waals surface area contributed by atoms with E-state index in [9.17, 15) is 4.79 Å². The summed E-state index contributed by atoms with van der Waals surface area (Å²) in [6, 6.07) is 8.42. The van der Waals surface area contributed by atoms with Crippen molar-refractivity contribution in [1.29, 1.82) is 0 Å². The van der Waals surface area contributed by atoms with Crippen LogP contribution in [-0.2, 0) is 0 Å². The highest BCUT2D eigenvalue weighted by molar-refractivity contribution is 5.97. The minimum atomic E-state index is 0.250. The van der Waals surface area contributed by atoms with Gasteiger partial charge in [-0.15, -0.1) is 0 Å². The third-order valence-corrected chi connectivity index (χ3v) is 4.19. The van der Waals surface area contributed by atoms with E-state index in [-0.39, 0.29) is 5.78 Å². The van der Waals surface area contributed by atoms with Gasteiger partial charge in [-0.3, -0.25) is 9.69 Å². The number of likely N-dealkylation sites (tertiary alicyclic amines) is 1. The molecule has 2 atom stereocenters. The number of benzene rings is 1. The van der Waals surface area contributed by atoms with Gasteiger partial charge in [-0.25, -0.2) is 0 Å². The van der Waals surface area contributed by atoms with Gasteiger partial charge in [0.1, 0.15) is 0 Å². The van der Waals surface area contributed by atoms with Crippen LogP contribution in [0.5, 0.6) is 0 Å². The normalized spacial score (nSPS) is 25.1. The van der Waals surface area contributed by atoms with E-state index in [1.54, 1.807) is 0 Å². The molecule has 1 aliphatic rings. The second-order valence-corrected chi connectivity index (χ2v) is 5.62. The summed E-state index contributed by atoms with van der Waals surface area (Å²) in [5.74, 6) is 0.948.